The fourth-order valence-electron chi connectivity index (χ4n) is 0.841. The Morgan fingerprint density at radius 1 is 1.43 bits per heavy atom. The van der Waals surface area contributed by atoms with E-state index in [0.29, 0.717) is 0 Å². The average molecular weight is 254 g/mol. The molecule has 1 aromatic rings. The zero-order valence-electron chi connectivity index (χ0n) is 6.85. The predicted octanol–water partition coefficient (Wildman–Crippen LogP) is 3.00. The van der Waals surface area contributed by atoms with Crippen molar-refractivity contribution >= 4 is 47.4 Å². The van der Waals surface area contributed by atoms with Crippen LogP contribution in [0.3, 0.4) is 0 Å². The molecule has 0 atom stereocenters. The van der Waals surface area contributed by atoms with Gasteiger partial charge in [0.25, 0.3) is 0 Å². The van der Waals surface area contributed by atoms with Crippen molar-refractivity contribution in [1.29, 1.82) is 0 Å². The molecule has 1 rings (SSSR count). The van der Waals surface area contributed by atoms with E-state index in [4.69, 9.17) is 23.2 Å². The smallest absolute Gasteiger partial charge is 0.234 e. The molecule has 0 radical (unpaired) electrons. The first-order chi connectivity index (χ1) is 6.54. The Morgan fingerprint density at radius 3 is 2.36 bits per heavy atom. The van der Waals surface area contributed by atoms with Gasteiger partial charge in [0.05, 0.1) is 21.5 Å². The number of nitrogens with one attached hydrogen (secondary N) is 1. The summed E-state index contributed by atoms with van der Waals surface area (Å²) in [6.07, 6.45) is 0. The fraction of sp³-hybridized carbons (Fsp3) is 0.125. The molecule has 0 saturated carbocycles. The number of amides is 1. The van der Waals surface area contributed by atoms with E-state index >= 15 is 0 Å². The van der Waals surface area contributed by atoms with Crippen molar-refractivity contribution in [2.75, 3.05) is 11.1 Å². The minimum atomic E-state index is -0.552. The van der Waals surface area contributed by atoms with E-state index in [0.717, 1.165) is 12.1 Å². The molecule has 0 aliphatic rings. The summed E-state index contributed by atoms with van der Waals surface area (Å²) in [6.45, 7) is 0. The van der Waals surface area contributed by atoms with Crippen molar-refractivity contribution in [2.24, 2.45) is 0 Å². The second-order valence-electron chi connectivity index (χ2n) is 2.45. The highest BCUT2D eigenvalue weighted by Gasteiger charge is 2.10. The lowest BCUT2D eigenvalue weighted by molar-refractivity contribution is -0.113. The van der Waals surface area contributed by atoms with Crippen LogP contribution < -0.4 is 5.32 Å². The van der Waals surface area contributed by atoms with Crippen molar-refractivity contribution < 1.29 is 9.18 Å². The number of hydrogen-bond donors (Lipinski definition) is 2. The van der Waals surface area contributed by atoms with Crippen molar-refractivity contribution in [3.63, 3.8) is 0 Å². The zero-order chi connectivity index (χ0) is 10.7. The van der Waals surface area contributed by atoms with E-state index in [2.05, 4.69) is 17.9 Å². The Balaban J connectivity index is 3.02. The number of rotatable bonds is 2. The van der Waals surface area contributed by atoms with Gasteiger partial charge in [-0.2, -0.15) is 12.6 Å². The van der Waals surface area contributed by atoms with Gasteiger partial charge in [-0.25, -0.2) is 4.39 Å². The van der Waals surface area contributed by atoms with Crippen molar-refractivity contribution in [2.45, 2.75) is 0 Å². The molecule has 0 heterocycles. The lowest BCUT2D eigenvalue weighted by Crippen LogP contribution is -2.13. The molecule has 0 fully saturated rings. The molecule has 0 aromatic heterocycles. The van der Waals surface area contributed by atoms with Gasteiger partial charge in [0.1, 0.15) is 5.82 Å². The third kappa shape index (κ3) is 2.77. The van der Waals surface area contributed by atoms with Crippen LogP contribution in [0.5, 0.6) is 0 Å². The van der Waals surface area contributed by atoms with Gasteiger partial charge in [-0.15, -0.1) is 0 Å². The lowest BCUT2D eigenvalue weighted by Gasteiger charge is -2.07. The molecule has 1 amide bonds. The summed E-state index contributed by atoms with van der Waals surface area (Å²) >= 11 is 15.1. The minimum Gasteiger partial charge on any atom is -0.323 e. The molecule has 6 heteroatoms. The van der Waals surface area contributed by atoms with Crippen molar-refractivity contribution in [3.05, 3.63) is 28.0 Å². The van der Waals surface area contributed by atoms with Crippen LogP contribution in [0, 0.1) is 5.82 Å². The second kappa shape index (κ2) is 4.87. The van der Waals surface area contributed by atoms with E-state index in [1.807, 2.05) is 0 Å². The summed E-state index contributed by atoms with van der Waals surface area (Å²) in [7, 11) is 0. The summed E-state index contributed by atoms with van der Waals surface area (Å²) in [5.41, 5.74) is 0.203. The first-order valence-corrected chi connectivity index (χ1v) is 4.98. The minimum absolute atomic E-state index is 0.00400. The maximum absolute atomic E-state index is 12.7. The number of thiol groups is 1. The molecule has 0 aliphatic carbocycles. The molecular formula is C8H6Cl2FNOS. The molecule has 0 aliphatic heterocycles. The van der Waals surface area contributed by atoms with Gasteiger partial charge in [-0.1, -0.05) is 23.2 Å². The highest BCUT2D eigenvalue weighted by Crippen LogP contribution is 2.31. The van der Waals surface area contributed by atoms with E-state index in [1.54, 1.807) is 0 Å². The summed E-state index contributed by atoms with van der Waals surface area (Å²) in [6, 6.07) is 2.14. The van der Waals surface area contributed by atoms with Crippen LogP contribution in [-0.4, -0.2) is 11.7 Å². The molecule has 0 spiro atoms. The van der Waals surface area contributed by atoms with Crippen LogP contribution in [0.25, 0.3) is 0 Å². The standard InChI is InChI=1S/C8H6Cl2FNOS/c9-5-1-4(11)2-6(10)8(5)12-7(13)3-14/h1-2,14H,3H2,(H,12,13). The number of halogens is 3. The highest BCUT2D eigenvalue weighted by molar-refractivity contribution is 7.81. The van der Waals surface area contributed by atoms with Crippen LogP contribution in [0.15, 0.2) is 12.1 Å². The Morgan fingerprint density at radius 2 is 1.93 bits per heavy atom. The number of carbonyl (C=O) groups is 1. The molecule has 0 bridgehead atoms. The third-order valence-electron chi connectivity index (χ3n) is 1.41. The molecule has 0 unspecified atom stereocenters. The quantitative estimate of drug-likeness (QED) is 0.780. The molecular weight excluding hydrogens is 248 g/mol. The molecule has 76 valence electrons. The van der Waals surface area contributed by atoms with Gasteiger partial charge >= 0.3 is 0 Å². The van der Waals surface area contributed by atoms with Gasteiger partial charge in [0, 0.05) is 0 Å². The van der Waals surface area contributed by atoms with E-state index in [1.165, 1.54) is 0 Å². The number of benzene rings is 1. The van der Waals surface area contributed by atoms with Crippen molar-refractivity contribution in [1.82, 2.24) is 0 Å². The zero-order valence-corrected chi connectivity index (χ0v) is 9.26. The van der Waals surface area contributed by atoms with Gasteiger partial charge in [-0.05, 0) is 12.1 Å². The largest absolute Gasteiger partial charge is 0.323 e. The van der Waals surface area contributed by atoms with Gasteiger partial charge in [0.15, 0.2) is 0 Å². The Hall–Kier alpha value is -0.450. The van der Waals surface area contributed by atoms with Crippen molar-refractivity contribution in [3.8, 4) is 0 Å². The van der Waals surface area contributed by atoms with Crippen LogP contribution >= 0.6 is 35.8 Å². The molecule has 1 aromatic carbocycles. The first-order valence-electron chi connectivity index (χ1n) is 3.60. The summed E-state index contributed by atoms with van der Waals surface area (Å²) in [5.74, 6) is -0.906. The SMILES string of the molecule is O=C(CS)Nc1c(Cl)cc(F)cc1Cl. The highest BCUT2D eigenvalue weighted by atomic mass is 35.5. The number of anilines is 1. The summed E-state index contributed by atoms with van der Waals surface area (Å²) in [5, 5.41) is 2.53. The Labute approximate surface area is 95.8 Å². The first kappa shape index (κ1) is 11.6. The van der Waals surface area contributed by atoms with Gasteiger partial charge in [-0.3, -0.25) is 4.79 Å². The molecule has 14 heavy (non-hydrogen) atoms. The molecule has 1 N–H and O–H groups in total. The lowest BCUT2D eigenvalue weighted by atomic mass is 10.3. The predicted molar refractivity (Wildman–Crippen MR) is 58.9 cm³/mol. The van der Waals surface area contributed by atoms with E-state index < -0.39 is 5.82 Å². The van der Waals surface area contributed by atoms with Crippen LogP contribution in [0.2, 0.25) is 10.0 Å². The number of hydrogen-bond acceptors (Lipinski definition) is 2. The van der Waals surface area contributed by atoms with E-state index in [9.17, 15) is 9.18 Å². The molecule has 0 saturated heterocycles. The average Bonchev–Trinajstić information content (AvgIpc) is 2.10. The maximum Gasteiger partial charge on any atom is 0.234 e. The topological polar surface area (TPSA) is 29.1 Å². The summed E-state index contributed by atoms with van der Waals surface area (Å²) in [4.78, 5) is 11.0. The van der Waals surface area contributed by atoms with Crippen LogP contribution in [0.1, 0.15) is 0 Å². The molecule has 2 nitrogen and oxygen atoms in total. The summed E-state index contributed by atoms with van der Waals surface area (Å²) < 4.78 is 12.7. The third-order valence-corrected chi connectivity index (χ3v) is 2.30. The maximum atomic E-state index is 12.7. The van der Waals surface area contributed by atoms with Crippen LogP contribution in [0.4, 0.5) is 10.1 Å². The van der Waals surface area contributed by atoms with E-state index in [-0.39, 0.29) is 27.4 Å². The second-order valence-corrected chi connectivity index (χ2v) is 3.58. The Bertz CT molecular complexity index is 349. The van der Waals surface area contributed by atoms with Crippen LogP contribution in [-0.2, 0) is 4.79 Å². The Kier molecular flexibility index (Phi) is 4.04. The fourth-order valence-corrected chi connectivity index (χ4v) is 1.47. The van der Waals surface area contributed by atoms with Gasteiger partial charge in [0.2, 0.25) is 5.91 Å². The normalized spacial score (nSPS) is 10.0. The monoisotopic (exact) mass is 253 g/mol. The van der Waals surface area contributed by atoms with Gasteiger partial charge < -0.3 is 5.32 Å². The number of carbonyl (C=O) groups excluding carboxylic acids is 1.